The van der Waals surface area contributed by atoms with E-state index in [9.17, 15) is 0 Å². The monoisotopic (exact) mass is 238 g/mol. The molecule has 0 saturated heterocycles. The number of aryl methyl sites for hydroxylation is 1. The highest BCUT2D eigenvalue weighted by Crippen LogP contribution is 2.26. The first kappa shape index (κ1) is 10.4. The van der Waals surface area contributed by atoms with Crippen molar-refractivity contribution in [3.05, 3.63) is 28.5 Å². The molecule has 2 N–H and O–H groups in total. The summed E-state index contributed by atoms with van der Waals surface area (Å²) < 4.78 is 0. The first-order valence-electron chi connectivity index (χ1n) is 4.36. The molecule has 2 heterocycles. The van der Waals surface area contributed by atoms with E-state index in [0.29, 0.717) is 5.82 Å². The van der Waals surface area contributed by atoms with E-state index in [4.69, 9.17) is 5.73 Å². The van der Waals surface area contributed by atoms with E-state index in [1.165, 1.54) is 4.88 Å². The Balaban J connectivity index is 2.02. The Morgan fingerprint density at radius 2 is 2.13 bits per heavy atom. The Hall–Kier alpha value is -1.14. The maximum atomic E-state index is 5.68. The van der Waals surface area contributed by atoms with Crippen LogP contribution in [-0.4, -0.2) is 15.0 Å². The van der Waals surface area contributed by atoms with E-state index < -0.39 is 0 Å². The van der Waals surface area contributed by atoms with E-state index in [0.717, 1.165) is 15.8 Å². The summed E-state index contributed by atoms with van der Waals surface area (Å²) in [4.78, 5) is 13.6. The minimum absolute atomic E-state index is 0.490. The van der Waals surface area contributed by atoms with Crippen molar-refractivity contribution in [2.75, 3.05) is 5.73 Å². The van der Waals surface area contributed by atoms with Crippen molar-refractivity contribution in [1.82, 2.24) is 15.0 Å². The molecule has 0 atom stereocenters. The smallest absolute Gasteiger partial charge is 0.156 e. The highest BCUT2D eigenvalue weighted by molar-refractivity contribution is 7.98. The van der Waals surface area contributed by atoms with Crippen LogP contribution in [0.3, 0.4) is 0 Å². The molecule has 4 nitrogen and oxygen atoms in total. The molecule has 0 amide bonds. The molecule has 2 aromatic rings. The van der Waals surface area contributed by atoms with Crippen LogP contribution in [0, 0.1) is 6.92 Å². The second-order valence-electron chi connectivity index (χ2n) is 2.88. The highest BCUT2D eigenvalue weighted by atomic mass is 32.2. The van der Waals surface area contributed by atoms with Gasteiger partial charge in [-0.2, -0.15) is 0 Å². The fraction of sp³-hybridized carbons (Fsp3) is 0.222. The van der Waals surface area contributed by atoms with E-state index in [1.54, 1.807) is 35.5 Å². The van der Waals surface area contributed by atoms with Crippen molar-refractivity contribution in [3.63, 3.8) is 0 Å². The number of thiazole rings is 1. The summed E-state index contributed by atoms with van der Waals surface area (Å²) in [7, 11) is 0. The van der Waals surface area contributed by atoms with Gasteiger partial charge in [-0.05, 0) is 6.92 Å². The molecule has 6 heteroatoms. The summed E-state index contributed by atoms with van der Waals surface area (Å²) in [5, 5.41) is 1.86. The van der Waals surface area contributed by atoms with Crippen LogP contribution >= 0.6 is 23.1 Å². The molecule has 0 aromatic carbocycles. The summed E-state index contributed by atoms with van der Waals surface area (Å²) in [6, 6.07) is 0. The zero-order valence-corrected chi connectivity index (χ0v) is 9.81. The second-order valence-corrected chi connectivity index (χ2v) is 5.16. The van der Waals surface area contributed by atoms with E-state index in [1.807, 2.05) is 13.1 Å². The van der Waals surface area contributed by atoms with Gasteiger partial charge in [0.05, 0.1) is 5.01 Å². The molecular formula is C9H10N4S2. The molecule has 0 spiro atoms. The van der Waals surface area contributed by atoms with Crippen molar-refractivity contribution in [3.8, 4) is 0 Å². The van der Waals surface area contributed by atoms with Crippen molar-refractivity contribution in [1.29, 1.82) is 0 Å². The van der Waals surface area contributed by atoms with Gasteiger partial charge in [0.2, 0.25) is 0 Å². The average molecular weight is 238 g/mol. The molecule has 0 bridgehead atoms. The summed E-state index contributed by atoms with van der Waals surface area (Å²) in [5.74, 6) is 1.33. The van der Waals surface area contributed by atoms with E-state index in [2.05, 4.69) is 15.0 Å². The Labute approximate surface area is 96.0 Å². The second kappa shape index (κ2) is 4.59. The summed E-state index contributed by atoms with van der Waals surface area (Å²) in [5.41, 5.74) is 5.68. The maximum absolute atomic E-state index is 5.68. The van der Waals surface area contributed by atoms with Gasteiger partial charge < -0.3 is 5.73 Å². The minimum atomic E-state index is 0.490. The van der Waals surface area contributed by atoms with Crippen LogP contribution in [0.4, 0.5) is 5.82 Å². The number of anilines is 1. The predicted octanol–water partition coefficient (Wildman–Crippen LogP) is 2.12. The minimum Gasteiger partial charge on any atom is -0.381 e. The summed E-state index contributed by atoms with van der Waals surface area (Å²) in [6.45, 7) is 2.00. The van der Waals surface area contributed by atoms with Crippen LogP contribution in [0.1, 0.15) is 9.88 Å². The van der Waals surface area contributed by atoms with Gasteiger partial charge in [-0.15, -0.1) is 11.3 Å². The molecular weight excluding hydrogens is 228 g/mol. The molecule has 0 aliphatic rings. The van der Waals surface area contributed by atoms with Gasteiger partial charge in [-0.25, -0.2) is 15.0 Å². The third kappa shape index (κ3) is 2.66. The zero-order valence-electron chi connectivity index (χ0n) is 8.17. The number of hydrogen-bond acceptors (Lipinski definition) is 6. The van der Waals surface area contributed by atoms with Gasteiger partial charge in [0, 0.05) is 29.2 Å². The number of nitrogen functional groups attached to an aromatic ring is 1. The number of aromatic nitrogens is 3. The molecule has 2 aromatic heterocycles. The van der Waals surface area contributed by atoms with E-state index in [-0.39, 0.29) is 0 Å². The molecule has 0 aliphatic carbocycles. The maximum Gasteiger partial charge on any atom is 0.156 e. The fourth-order valence-electron chi connectivity index (χ4n) is 1.06. The lowest BCUT2D eigenvalue weighted by Gasteiger charge is -2.00. The number of hydrogen-bond donors (Lipinski definition) is 1. The Bertz CT molecular complexity index is 455. The third-order valence-corrected chi connectivity index (χ3v) is 3.85. The standard InChI is InChI=1S/C9H10N4S2/c1-6-13-4-7(15-6)5-14-9-8(10)11-2-3-12-9/h2-4H,5H2,1H3,(H2,10,11). The van der Waals surface area contributed by atoms with Gasteiger partial charge >= 0.3 is 0 Å². The molecule has 0 saturated carbocycles. The lowest BCUT2D eigenvalue weighted by atomic mass is 10.6. The first-order chi connectivity index (χ1) is 7.25. The third-order valence-electron chi connectivity index (χ3n) is 1.71. The van der Waals surface area contributed by atoms with Gasteiger partial charge in [0.15, 0.2) is 5.82 Å². The zero-order chi connectivity index (χ0) is 10.7. The molecule has 2 rings (SSSR count). The Morgan fingerprint density at radius 3 is 2.80 bits per heavy atom. The normalized spacial score (nSPS) is 10.5. The number of thioether (sulfide) groups is 1. The van der Waals surface area contributed by atoms with Crippen LogP contribution in [-0.2, 0) is 5.75 Å². The van der Waals surface area contributed by atoms with Crippen molar-refractivity contribution < 1.29 is 0 Å². The molecule has 0 radical (unpaired) electrons. The average Bonchev–Trinajstić information content (AvgIpc) is 2.63. The quantitative estimate of drug-likeness (QED) is 0.830. The van der Waals surface area contributed by atoms with Crippen molar-refractivity contribution in [2.45, 2.75) is 17.7 Å². The topological polar surface area (TPSA) is 64.7 Å². The van der Waals surface area contributed by atoms with Crippen LogP contribution in [0.15, 0.2) is 23.6 Å². The Morgan fingerprint density at radius 1 is 1.33 bits per heavy atom. The molecule has 78 valence electrons. The number of rotatable bonds is 3. The lowest BCUT2D eigenvalue weighted by molar-refractivity contribution is 1.07. The van der Waals surface area contributed by atoms with Crippen LogP contribution in [0.25, 0.3) is 0 Å². The molecule has 0 unspecified atom stereocenters. The van der Waals surface area contributed by atoms with Crippen molar-refractivity contribution >= 4 is 28.9 Å². The number of nitrogens with two attached hydrogens (primary N) is 1. The van der Waals surface area contributed by atoms with Crippen LogP contribution in [0.5, 0.6) is 0 Å². The van der Waals surface area contributed by atoms with Gasteiger partial charge in [0.25, 0.3) is 0 Å². The van der Waals surface area contributed by atoms with Crippen molar-refractivity contribution in [2.24, 2.45) is 0 Å². The van der Waals surface area contributed by atoms with Gasteiger partial charge in [0.1, 0.15) is 5.03 Å². The first-order valence-corrected chi connectivity index (χ1v) is 6.16. The number of nitrogens with zero attached hydrogens (tertiary/aromatic N) is 3. The highest BCUT2D eigenvalue weighted by Gasteiger charge is 2.04. The summed E-state index contributed by atoms with van der Waals surface area (Å²) >= 11 is 3.28. The SMILES string of the molecule is Cc1ncc(CSc2nccnc2N)s1. The van der Waals surface area contributed by atoms with E-state index >= 15 is 0 Å². The Kier molecular flexibility index (Phi) is 3.17. The van der Waals surface area contributed by atoms with Gasteiger partial charge in [-0.3, -0.25) is 0 Å². The molecule has 15 heavy (non-hydrogen) atoms. The fourth-order valence-corrected chi connectivity index (χ4v) is 2.75. The summed E-state index contributed by atoms with van der Waals surface area (Å²) in [6.07, 6.45) is 5.13. The van der Waals surface area contributed by atoms with Crippen LogP contribution < -0.4 is 5.73 Å². The lowest BCUT2D eigenvalue weighted by Crippen LogP contribution is -1.94. The van der Waals surface area contributed by atoms with Crippen LogP contribution in [0.2, 0.25) is 0 Å². The largest absolute Gasteiger partial charge is 0.381 e. The predicted molar refractivity (Wildman–Crippen MR) is 62.9 cm³/mol. The van der Waals surface area contributed by atoms with Gasteiger partial charge in [-0.1, -0.05) is 11.8 Å². The molecule has 0 aliphatic heterocycles. The molecule has 0 fully saturated rings.